The lowest BCUT2D eigenvalue weighted by Gasteiger charge is -2.35. The predicted octanol–water partition coefficient (Wildman–Crippen LogP) is 4.13. The molecule has 0 aliphatic carbocycles. The zero-order valence-corrected chi connectivity index (χ0v) is 19.3. The zero-order chi connectivity index (χ0) is 23.0. The molecule has 1 saturated heterocycles. The first-order valence-corrected chi connectivity index (χ1v) is 11.6. The van der Waals surface area contributed by atoms with E-state index in [1.807, 2.05) is 6.07 Å². The Balaban J connectivity index is 1.19. The number of rotatable bonds is 9. The van der Waals surface area contributed by atoms with Crippen LogP contribution in [0.15, 0.2) is 78.9 Å². The van der Waals surface area contributed by atoms with Gasteiger partial charge in [0.05, 0.1) is 0 Å². The summed E-state index contributed by atoms with van der Waals surface area (Å²) in [6, 6.07) is 24.4. The van der Waals surface area contributed by atoms with Crippen molar-refractivity contribution in [2.45, 2.75) is 12.6 Å². The number of ether oxygens (including phenoxy) is 1. The van der Waals surface area contributed by atoms with Crippen LogP contribution in [-0.4, -0.2) is 66.1 Å². The van der Waals surface area contributed by atoms with Crippen LogP contribution < -0.4 is 4.74 Å². The molecule has 4 rings (SSSR count). The highest BCUT2D eigenvalue weighted by atomic mass is 35.5. The number of carbonyl (C=O) groups excluding carboxylic acids is 1. The standard InChI is InChI=1S/C27H29ClN2O3/c28-24-10-6-22(7-11-24)27(32)23-8-12-26(13-9-23)33-20-25(31)19-30-16-14-29(15-17-30)18-21-4-2-1-3-5-21/h1-13,25,31H,14-20H2. The van der Waals surface area contributed by atoms with Gasteiger partial charge < -0.3 is 9.84 Å². The topological polar surface area (TPSA) is 53.0 Å². The number of aliphatic hydroxyl groups excluding tert-OH is 1. The van der Waals surface area contributed by atoms with Crippen LogP contribution in [0.3, 0.4) is 0 Å². The summed E-state index contributed by atoms with van der Waals surface area (Å²) >= 11 is 5.89. The van der Waals surface area contributed by atoms with Gasteiger partial charge in [-0.1, -0.05) is 41.9 Å². The number of carbonyl (C=O) groups is 1. The van der Waals surface area contributed by atoms with Crippen molar-refractivity contribution in [2.24, 2.45) is 0 Å². The number of aliphatic hydroxyl groups is 1. The second-order valence-corrected chi connectivity index (χ2v) is 8.82. The first-order chi connectivity index (χ1) is 16.1. The van der Waals surface area contributed by atoms with Gasteiger partial charge in [-0.3, -0.25) is 14.6 Å². The molecule has 0 aromatic heterocycles. The first-order valence-electron chi connectivity index (χ1n) is 11.3. The molecule has 0 spiro atoms. The SMILES string of the molecule is O=C(c1ccc(Cl)cc1)c1ccc(OCC(O)CN2CCN(Cc3ccccc3)CC2)cc1. The highest BCUT2D eigenvalue weighted by Crippen LogP contribution is 2.18. The van der Waals surface area contributed by atoms with Crippen molar-refractivity contribution in [1.29, 1.82) is 0 Å². The molecule has 5 nitrogen and oxygen atoms in total. The fourth-order valence-corrected chi connectivity index (χ4v) is 4.11. The van der Waals surface area contributed by atoms with E-state index in [4.69, 9.17) is 16.3 Å². The molecular weight excluding hydrogens is 436 g/mol. The average molecular weight is 465 g/mol. The number of β-amino-alcohol motifs (C(OH)–C–C–N with tert-alkyl or cyclic N) is 1. The Morgan fingerprint density at radius 3 is 2.06 bits per heavy atom. The van der Waals surface area contributed by atoms with E-state index in [-0.39, 0.29) is 12.4 Å². The molecule has 0 radical (unpaired) electrons. The Hall–Kier alpha value is -2.70. The van der Waals surface area contributed by atoms with E-state index in [0.717, 1.165) is 32.7 Å². The van der Waals surface area contributed by atoms with Crippen molar-refractivity contribution in [3.05, 3.63) is 101 Å². The van der Waals surface area contributed by atoms with Crippen molar-refractivity contribution in [1.82, 2.24) is 9.80 Å². The molecule has 1 fully saturated rings. The largest absolute Gasteiger partial charge is 0.491 e. The van der Waals surface area contributed by atoms with E-state index < -0.39 is 6.10 Å². The summed E-state index contributed by atoms with van der Waals surface area (Å²) in [4.78, 5) is 17.3. The quantitative estimate of drug-likeness (QED) is 0.482. The number of hydrogen-bond donors (Lipinski definition) is 1. The number of ketones is 1. The normalized spacial score (nSPS) is 15.8. The molecule has 1 heterocycles. The summed E-state index contributed by atoms with van der Waals surface area (Å²) in [5, 5.41) is 11.0. The van der Waals surface area contributed by atoms with Gasteiger partial charge in [0.15, 0.2) is 5.78 Å². The minimum atomic E-state index is -0.568. The third kappa shape index (κ3) is 6.89. The fraction of sp³-hybridized carbons (Fsp3) is 0.296. The zero-order valence-electron chi connectivity index (χ0n) is 18.6. The van der Waals surface area contributed by atoms with Gasteiger partial charge in [0.25, 0.3) is 0 Å². The molecule has 3 aromatic rings. The van der Waals surface area contributed by atoms with E-state index in [1.54, 1.807) is 48.5 Å². The Morgan fingerprint density at radius 2 is 1.42 bits per heavy atom. The number of nitrogens with zero attached hydrogens (tertiary/aromatic N) is 2. The van der Waals surface area contributed by atoms with Crippen molar-refractivity contribution < 1.29 is 14.6 Å². The van der Waals surface area contributed by atoms with Gasteiger partial charge in [-0.05, 0) is 54.1 Å². The fourth-order valence-electron chi connectivity index (χ4n) is 3.99. The molecule has 1 N–H and O–H groups in total. The van der Waals surface area contributed by atoms with Crippen LogP contribution in [0.4, 0.5) is 0 Å². The summed E-state index contributed by atoms with van der Waals surface area (Å²) in [7, 11) is 0. The molecule has 0 amide bonds. The van der Waals surface area contributed by atoms with E-state index >= 15 is 0 Å². The van der Waals surface area contributed by atoms with Crippen LogP contribution in [0.5, 0.6) is 5.75 Å². The smallest absolute Gasteiger partial charge is 0.193 e. The van der Waals surface area contributed by atoms with Crippen LogP contribution in [0.1, 0.15) is 21.5 Å². The van der Waals surface area contributed by atoms with Crippen molar-refractivity contribution in [3.63, 3.8) is 0 Å². The number of hydrogen-bond acceptors (Lipinski definition) is 5. The second kappa shape index (κ2) is 11.4. The lowest BCUT2D eigenvalue weighted by Crippen LogP contribution is -2.48. The van der Waals surface area contributed by atoms with Crippen LogP contribution in [-0.2, 0) is 6.54 Å². The summed E-state index contributed by atoms with van der Waals surface area (Å²) in [5.74, 6) is 0.569. The maximum atomic E-state index is 12.5. The van der Waals surface area contributed by atoms with Crippen LogP contribution in [0.25, 0.3) is 0 Å². The van der Waals surface area contributed by atoms with E-state index in [2.05, 4.69) is 34.1 Å². The van der Waals surface area contributed by atoms with Crippen molar-refractivity contribution in [2.75, 3.05) is 39.3 Å². The lowest BCUT2D eigenvalue weighted by molar-refractivity contribution is 0.0446. The van der Waals surface area contributed by atoms with E-state index in [9.17, 15) is 9.90 Å². The van der Waals surface area contributed by atoms with Crippen LogP contribution in [0, 0.1) is 0 Å². The van der Waals surface area contributed by atoms with Crippen LogP contribution >= 0.6 is 11.6 Å². The Labute approximate surface area is 200 Å². The van der Waals surface area contributed by atoms with Crippen molar-refractivity contribution >= 4 is 17.4 Å². The molecular formula is C27H29ClN2O3. The number of halogens is 1. The van der Waals surface area contributed by atoms with Crippen molar-refractivity contribution in [3.8, 4) is 5.75 Å². The maximum Gasteiger partial charge on any atom is 0.193 e. The summed E-state index contributed by atoms with van der Waals surface area (Å²) in [5.41, 5.74) is 2.51. The third-order valence-corrected chi connectivity index (χ3v) is 6.10. The minimum Gasteiger partial charge on any atom is -0.491 e. The molecule has 1 atom stereocenters. The Bertz CT molecular complexity index is 1020. The summed E-state index contributed by atoms with van der Waals surface area (Å²) in [6.45, 7) is 5.63. The molecule has 0 saturated carbocycles. The van der Waals surface area contributed by atoms with Gasteiger partial charge in [0.2, 0.25) is 0 Å². The lowest BCUT2D eigenvalue weighted by atomic mass is 10.0. The second-order valence-electron chi connectivity index (χ2n) is 8.39. The van der Waals surface area contributed by atoms with E-state index in [1.165, 1.54) is 5.56 Å². The first kappa shape index (κ1) is 23.5. The monoisotopic (exact) mass is 464 g/mol. The minimum absolute atomic E-state index is 0.0651. The Kier molecular flexibility index (Phi) is 8.13. The predicted molar refractivity (Wildman–Crippen MR) is 131 cm³/mol. The molecule has 172 valence electrons. The number of benzene rings is 3. The van der Waals surface area contributed by atoms with Gasteiger partial charge in [0.1, 0.15) is 18.5 Å². The molecule has 0 bridgehead atoms. The molecule has 1 aliphatic heterocycles. The molecule has 1 unspecified atom stereocenters. The summed E-state index contributed by atoms with van der Waals surface area (Å²) in [6.07, 6.45) is -0.568. The van der Waals surface area contributed by atoms with Gasteiger partial charge >= 0.3 is 0 Å². The van der Waals surface area contributed by atoms with Gasteiger partial charge in [-0.2, -0.15) is 0 Å². The average Bonchev–Trinajstić information content (AvgIpc) is 2.85. The molecule has 6 heteroatoms. The maximum absolute atomic E-state index is 12.5. The van der Waals surface area contributed by atoms with Gasteiger partial charge in [-0.25, -0.2) is 0 Å². The molecule has 1 aliphatic rings. The summed E-state index contributed by atoms with van der Waals surface area (Å²) < 4.78 is 5.75. The highest BCUT2D eigenvalue weighted by molar-refractivity contribution is 6.30. The van der Waals surface area contributed by atoms with E-state index in [0.29, 0.717) is 28.4 Å². The Morgan fingerprint density at radius 1 is 0.848 bits per heavy atom. The van der Waals surface area contributed by atoms with Gasteiger partial charge in [0, 0.05) is 55.4 Å². The molecule has 3 aromatic carbocycles. The molecule has 33 heavy (non-hydrogen) atoms. The van der Waals surface area contributed by atoms with Gasteiger partial charge in [-0.15, -0.1) is 0 Å². The third-order valence-electron chi connectivity index (χ3n) is 5.85. The number of piperazine rings is 1. The van der Waals surface area contributed by atoms with Crippen LogP contribution in [0.2, 0.25) is 5.02 Å². The highest BCUT2D eigenvalue weighted by Gasteiger charge is 2.19.